The summed E-state index contributed by atoms with van der Waals surface area (Å²) >= 11 is 0. The van der Waals surface area contributed by atoms with Gasteiger partial charge in [-0.1, -0.05) is 25.5 Å². The lowest BCUT2D eigenvalue weighted by Gasteiger charge is -2.15. The summed E-state index contributed by atoms with van der Waals surface area (Å²) < 4.78 is 7.04. The quantitative estimate of drug-likeness (QED) is 0.664. The van der Waals surface area contributed by atoms with E-state index < -0.39 is 6.04 Å². The van der Waals surface area contributed by atoms with Crippen LogP contribution in [0.2, 0.25) is 0 Å². The molecule has 0 radical (unpaired) electrons. The SMILES string of the molecule is CCCCN1C(=O)[C@H](CC(=O)Nc2ccc(OC)cc2)n2c1nc1ccccc12. The van der Waals surface area contributed by atoms with Crippen LogP contribution in [0.5, 0.6) is 5.75 Å². The van der Waals surface area contributed by atoms with E-state index in [2.05, 4.69) is 17.2 Å². The Morgan fingerprint density at radius 1 is 1.17 bits per heavy atom. The van der Waals surface area contributed by atoms with E-state index in [1.165, 1.54) is 0 Å². The molecular formula is C22H24N4O3. The van der Waals surface area contributed by atoms with Gasteiger partial charge in [0.15, 0.2) is 0 Å². The number of ether oxygens (including phenoxy) is 1. The van der Waals surface area contributed by atoms with Crippen molar-refractivity contribution in [2.45, 2.75) is 32.2 Å². The topological polar surface area (TPSA) is 76.5 Å². The number of unbranched alkanes of at least 4 members (excludes halogenated alkanes) is 1. The molecule has 0 unspecified atom stereocenters. The molecule has 0 aliphatic carbocycles. The van der Waals surface area contributed by atoms with E-state index in [1.54, 1.807) is 36.3 Å². The highest BCUT2D eigenvalue weighted by Gasteiger charge is 2.40. The number of hydrogen-bond donors (Lipinski definition) is 1. The summed E-state index contributed by atoms with van der Waals surface area (Å²) in [5, 5.41) is 2.87. The van der Waals surface area contributed by atoms with E-state index in [-0.39, 0.29) is 18.2 Å². The number of fused-ring (bicyclic) bond motifs is 3. The highest BCUT2D eigenvalue weighted by molar-refractivity contribution is 6.05. The average Bonchev–Trinajstić information content (AvgIpc) is 3.22. The molecule has 150 valence electrons. The molecule has 3 aromatic rings. The van der Waals surface area contributed by atoms with Crippen LogP contribution in [0.25, 0.3) is 11.0 Å². The smallest absolute Gasteiger partial charge is 0.253 e. The second kappa shape index (κ2) is 7.95. The summed E-state index contributed by atoms with van der Waals surface area (Å²) in [6.45, 7) is 2.69. The molecule has 29 heavy (non-hydrogen) atoms. The van der Waals surface area contributed by atoms with Gasteiger partial charge in [-0.05, 0) is 42.8 Å². The molecule has 1 aliphatic heterocycles. The molecule has 0 fully saturated rings. The molecule has 1 aliphatic rings. The van der Waals surface area contributed by atoms with E-state index in [1.807, 2.05) is 28.8 Å². The standard InChI is InChI=1S/C22H24N4O3/c1-3-4-13-25-21(28)19(26-18-8-6-5-7-17(18)24-22(25)26)14-20(27)23-15-9-11-16(29-2)12-10-15/h5-12,19H,3-4,13-14H2,1-2H3,(H,23,27)/t19-/m0/s1. The van der Waals surface area contributed by atoms with Crippen LogP contribution in [0.3, 0.4) is 0 Å². The van der Waals surface area contributed by atoms with Crippen molar-refractivity contribution in [3.05, 3.63) is 48.5 Å². The number of carbonyl (C=O) groups is 2. The first kappa shape index (κ1) is 19.0. The predicted molar refractivity (Wildman–Crippen MR) is 112 cm³/mol. The normalized spacial score (nSPS) is 15.6. The Labute approximate surface area is 169 Å². The molecule has 1 atom stereocenters. The van der Waals surface area contributed by atoms with Gasteiger partial charge in [0.1, 0.15) is 11.8 Å². The van der Waals surface area contributed by atoms with Crippen LogP contribution in [0.1, 0.15) is 32.2 Å². The lowest BCUT2D eigenvalue weighted by molar-refractivity contribution is -0.124. The van der Waals surface area contributed by atoms with Gasteiger partial charge in [-0.2, -0.15) is 0 Å². The lowest BCUT2D eigenvalue weighted by Crippen LogP contribution is -2.32. The molecule has 4 rings (SSSR count). The first-order chi connectivity index (χ1) is 14.1. The summed E-state index contributed by atoms with van der Waals surface area (Å²) in [6, 6.07) is 14.2. The van der Waals surface area contributed by atoms with Gasteiger partial charge in [-0.15, -0.1) is 0 Å². The first-order valence-corrected chi connectivity index (χ1v) is 9.84. The Bertz CT molecular complexity index is 1040. The van der Waals surface area contributed by atoms with Crippen LogP contribution < -0.4 is 15.0 Å². The van der Waals surface area contributed by atoms with E-state index in [9.17, 15) is 9.59 Å². The fourth-order valence-electron chi connectivity index (χ4n) is 3.69. The number of rotatable bonds is 7. The van der Waals surface area contributed by atoms with Crippen LogP contribution in [0, 0.1) is 0 Å². The van der Waals surface area contributed by atoms with Crippen LogP contribution in [-0.2, 0) is 9.59 Å². The average molecular weight is 392 g/mol. The molecule has 1 aromatic heterocycles. The summed E-state index contributed by atoms with van der Waals surface area (Å²) in [5.41, 5.74) is 2.37. The van der Waals surface area contributed by atoms with Gasteiger partial charge in [-0.3, -0.25) is 19.1 Å². The molecule has 2 heterocycles. The molecule has 2 amide bonds. The maximum Gasteiger partial charge on any atom is 0.253 e. The third-order valence-electron chi connectivity index (χ3n) is 5.17. The zero-order chi connectivity index (χ0) is 20.4. The second-order valence-electron chi connectivity index (χ2n) is 7.11. The van der Waals surface area contributed by atoms with Crippen LogP contribution in [0.4, 0.5) is 11.6 Å². The number of methoxy groups -OCH3 is 1. The Balaban J connectivity index is 1.59. The van der Waals surface area contributed by atoms with Gasteiger partial charge in [0.2, 0.25) is 11.9 Å². The van der Waals surface area contributed by atoms with E-state index >= 15 is 0 Å². The number of carbonyl (C=O) groups excluding carboxylic acids is 2. The van der Waals surface area contributed by atoms with Crippen molar-refractivity contribution in [3.8, 4) is 5.75 Å². The number of nitrogens with one attached hydrogen (secondary N) is 1. The largest absolute Gasteiger partial charge is 0.497 e. The molecular weight excluding hydrogens is 368 g/mol. The number of para-hydroxylation sites is 2. The fourth-order valence-corrected chi connectivity index (χ4v) is 3.69. The Morgan fingerprint density at radius 2 is 1.93 bits per heavy atom. The molecule has 7 nitrogen and oxygen atoms in total. The molecule has 0 saturated carbocycles. The first-order valence-electron chi connectivity index (χ1n) is 9.84. The summed E-state index contributed by atoms with van der Waals surface area (Å²) in [5.74, 6) is 1.06. The van der Waals surface area contributed by atoms with E-state index in [0.29, 0.717) is 18.2 Å². The van der Waals surface area contributed by atoms with Gasteiger partial charge in [0.05, 0.1) is 24.6 Å². The van der Waals surface area contributed by atoms with Crippen molar-refractivity contribution >= 4 is 34.5 Å². The molecule has 7 heteroatoms. The molecule has 1 N–H and O–H groups in total. The third-order valence-corrected chi connectivity index (χ3v) is 5.17. The molecule has 0 spiro atoms. The minimum atomic E-state index is -0.590. The van der Waals surface area contributed by atoms with Crippen molar-refractivity contribution in [1.82, 2.24) is 9.55 Å². The summed E-state index contributed by atoms with van der Waals surface area (Å²) in [6.07, 6.45) is 1.92. The van der Waals surface area contributed by atoms with Crippen LogP contribution >= 0.6 is 0 Å². The second-order valence-corrected chi connectivity index (χ2v) is 7.11. The monoisotopic (exact) mass is 392 g/mol. The Kier molecular flexibility index (Phi) is 5.20. The molecule has 2 aromatic carbocycles. The van der Waals surface area contributed by atoms with Gasteiger partial charge >= 0.3 is 0 Å². The maximum atomic E-state index is 13.1. The van der Waals surface area contributed by atoms with Crippen molar-refractivity contribution in [2.75, 3.05) is 23.9 Å². The van der Waals surface area contributed by atoms with Gasteiger partial charge in [0.25, 0.3) is 5.91 Å². The van der Waals surface area contributed by atoms with Crippen molar-refractivity contribution < 1.29 is 14.3 Å². The number of imidazole rings is 1. The van der Waals surface area contributed by atoms with Crippen molar-refractivity contribution in [3.63, 3.8) is 0 Å². The van der Waals surface area contributed by atoms with Crippen LogP contribution in [0.15, 0.2) is 48.5 Å². The summed E-state index contributed by atoms with van der Waals surface area (Å²) in [7, 11) is 1.59. The number of anilines is 2. The van der Waals surface area contributed by atoms with Crippen molar-refractivity contribution in [1.29, 1.82) is 0 Å². The van der Waals surface area contributed by atoms with Gasteiger partial charge in [0, 0.05) is 12.2 Å². The minimum absolute atomic E-state index is 0.0564. The fraction of sp³-hybridized carbons (Fsp3) is 0.318. The number of aromatic nitrogens is 2. The highest BCUT2D eigenvalue weighted by Crippen LogP contribution is 2.36. The van der Waals surface area contributed by atoms with Gasteiger partial charge < -0.3 is 10.1 Å². The molecule has 0 saturated heterocycles. The number of amides is 2. The highest BCUT2D eigenvalue weighted by atomic mass is 16.5. The van der Waals surface area contributed by atoms with E-state index in [0.717, 1.165) is 29.6 Å². The molecule has 0 bridgehead atoms. The van der Waals surface area contributed by atoms with Gasteiger partial charge in [-0.25, -0.2) is 4.98 Å². The zero-order valence-corrected chi connectivity index (χ0v) is 16.6. The van der Waals surface area contributed by atoms with Crippen molar-refractivity contribution in [2.24, 2.45) is 0 Å². The number of nitrogens with zero attached hydrogens (tertiary/aromatic N) is 3. The lowest BCUT2D eigenvalue weighted by atomic mass is 10.1. The maximum absolute atomic E-state index is 13.1. The zero-order valence-electron chi connectivity index (χ0n) is 16.6. The number of hydrogen-bond acceptors (Lipinski definition) is 4. The van der Waals surface area contributed by atoms with Crippen LogP contribution in [-0.4, -0.2) is 35.0 Å². The third kappa shape index (κ3) is 3.55. The van der Waals surface area contributed by atoms with E-state index in [4.69, 9.17) is 4.74 Å². The Hall–Kier alpha value is -3.35. The summed E-state index contributed by atoms with van der Waals surface area (Å²) in [4.78, 5) is 32.2. The number of benzene rings is 2. The Morgan fingerprint density at radius 3 is 2.66 bits per heavy atom. The predicted octanol–water partition coefficient (Wildman–Crippen LogP) is 3.76. The minimum Gasteiger partial charge on any atom is -0.497 e.